The molecule has 1 saturated carbocycles. The van der Waals surface area contributed by atoms with Crippen molar-refractivity contribution in [1.29, 1.82) is 0 Å². The Bertz CT molecular complexity index is 1150. The van der Waals surface area contributed by atoms with Gasteiger partial charge < -0.3 is 19.0 Å². The average Bonchev–Trinajstić information content (AvgIpc) is 3.46. The van der Waals surface area contributed by atoms with Gasteiger partial charge in [-0.3, -0.25) is 14.2 Å². The van der Waals surface area contributed by atoms with Crippen LogP contribution in [0.1, 0.15) is 50.0 Å². The van der Waals surface area contributed by atoms with Crippen molar-refractivity contribution in [2.45, 2.75) is 56.6 Å². The van der Waals surface area contributed by atoms with E-state index in [0.717, 1.165) is 31.2 Å². The number of aromatic nitrogens is 3. The third-order valence-electron chi connectivity index (χ3n) is 7.38. The SMILES string of the molecule is Cn1ccc2c(=O)n(CC3(O)CCN(C(=O)C4CCCCC4c4ccoc4)CC3)cnc21. The molecule has 0 radical (unpaired) electrons. The number of piperidine rings is 1. The molecule has 8 nitrogen and oxygen atoms in total. The summed E-state index contributed by atoms with van der Waals surface area (Å²) in [5.74, 6) is 0.361. The first-order valence-electron chi connectivity index (χ1n) is 11.5. The summed E-state index contributed by atoms with van der Waals surface area (Å²) in [5.41, 5.74) is 0.576. The minimum absolute atomic E-state index is 0.0279. The summed E-state index contributed by atoms with van der Waals surface area (Å²) < 4.78 is 8.57. The number of rotatable bonds is 4. The lowest BCUT2D eigenvalue weighted by Crippen LogP contribution is -2.51. The van der Waals surface area contributed by atoms with Crippen molar-refractivity contribution in [2.75, 3.05) is 13.1 Å². The Morgan fingerprint density at radius 1 is 1.25 bits per heavy atom. The van der Waals surface area contributed by atoms with Gasteiger partial charge in [-0.1, -0.05) is 12.8 Å². The van der Waals surface area contributed by atoms with Gasteiger partial charge in [0.1, 0.15) is 12.0 Å². The van der Waals surface area contributed by atoms with Gasteiger partial charge in [0.2, 0.25) is 5.91 Å². The molecule has 2 atom stereocenters. The third-order valence-corrected chi connectivity index (χ3v) is 7.38. The van der Waals surface area contributed by atoms with E-state index in [4.69, 9.17) is 4.42 Å². The normalized spacial score (nSPS) is 23.5. The molecule has 0 spiro atoms. The number of hydrogen-bond acceptors (Lipinski definition) is 5. The van der Waals surface area contributed by atoms with Crippen LogP contribution in [0.25, 0.3) is 11.0 Å². The van der Waals surface area contributed by atoms with Crippen LogP contribution in [-0.4, -0.2) is 48.7 Å². The van der Waals surface area contributed by atoms with Gasteiger partial charge in [-0.25, -0.2) is 4.98 Å². The maximum Gasteiger partial charge on any atom is 0.262 e. The van der Waals surface area contributed by atoms with Crippen molar-refractivity contribution in [3.05, 3.63) is 53.1 Å². The fourth-order valence-corrected chi connectivity index (χ4v) is 5.46. The molecule has 1 saturated heterocycles. The van der Waals surface area contributed by atoms with Crippen molar-refractivity contribution in [3.8, 4) is 0 Å². The van der Waals surface area contributed by atoms with Crippen LogP contribution in [0.15, 0.2) is 46.4 Å². The second-order valence-corrected chi connectivity index (χ2v) is 9.45. The second-order valence-electron chi connectivity index (χ2n) is 9.45. The molecule has 1 aliphatic carbocycles. The number of likely N-dealkylation sites (tertiary alicyclic amines) is 1. The molecule has 1 N–H and O–H groups in total. The number of carbonyl (C=O) groups excluding carboxylic acids is 1. The van der Waals surface area contributed by atoms with Gasteiger partial charge in [0.25, 0.3) is 5.56 Å². The molecule has 0 aromatic carbocycles. The Balaban J connectivity index is 1.26. The molecule has 170 valence electrons. The Labute approximate surface area is 186 Å². The maximum atomic E-state index is 13.4. The molecule has 1 aliphatic heterocycles. The van der Waals surface area contributed by atoms with E-state index in [2.05, 4.69) is 4.98 Å². The van der Waals surface area contributed by atoms with E-state index in [9.17, 15) is 14.7 Å². The first kappa shape index (κ1) is 21.0. The van der Waals surface area contributed by atoms with Crippen molar-refractivity contribution in [1.82, 2.24) is 19.0 Å². The van der Waals surface area contributed by atoms with E-state index in [1.165, 1.54) is 10.9 Å². The van der Waals surface area contributed by atoms with Crippen LogP contribution in [0.2, 0.25) is 0 Å². The van der Waals surface area contributed by atoms with E-state index in [1.807, 2.05) is 28.8 Å². The largest absolute Gasteiger partial charge is 0.472 e. The van der Waals surface area contributed by atoms with Crippen molar-refractivity contribution in [3.63, 3.8) is 0 Å². The predicted molar refractivity (Wildman–Crippen MR) is 119 cm³/mol. The van der Waals surface area contributed by atoms with Crippen LogP contribution >= 0.6 is 0 Å². The van der Waals surface area contributed by atoms with Crippen LogP contribution in [-0.2, 0) is 18.4 Å². The lowest BCUT2D eigenvalue weighted by atomic mass is 9.75. The van der Waals surface area contributed by atoms with Gasteiger partial charge in [-0.15, -0.1) is 0 Å². The van der Waals surface area contributed by atoms with Gasteiger partial charge in [-0.05, 0) is 49.3 Å². The van der Waals surface area contributed by atoms with Crippen molar-refractivity contribution < 1.29 is 14.3 Å². The zero-order valence-electron chi connectivity index (χ0n) is 18.4. The second kappa shape index (κ2) is 8.24. The molecule has 3 aromatic heterocycles. The van der Waals surface area contributed by atoms with Crippen LogP contribution < -0.4 is 5.56 Å². The van der Waals surface area contributed by atoms with E-state index in [-0.39, 0.29) is 29.8 Å². The first-order valence-corrected chi connectivity index (χ1v) is 11.5. The van der Waals surface area contributed by atoms with Gasteiger partial charge in [0.15, 0.2) is 0 Å². The summed E-state index contributed by atoms with van der Waals surface area (Å²) in [6.07, 6.45) is 11.8. The molecule has 5 rings (SSSR count). The summed E-state index contributed by atoms with van der Waals surface area (Å²) in [6, 6.07) is 3.73. The number of aliphatic hydroxyl groups is 1. The lowest BCUT2D eigenvalue weighted by molar-refractivity contribution is -0.142. The maximum absolute atomic E-state index is 13.4. The summed E-state index contributed by atoms with van der Waals surface area (Å²) in [7, 11) is 1.85. The molecule has 32 heavy (non-hydrogen) atoms. The highest BCUT2D eigenvalue weighted by molar-refractivity contribution is 5.80. The van der Waals surface area contributed by atoms with Crippen molar-refractivity contribution >= 4 is 16.9 Å². The predicted octanol–water partition coefficient (Wildman–Crippen LogP) is 2.66. The highest BCUT2D eigenvalue weighted by Crippen LogP contribution is 2.39. The zero-order chi connectivity index (χ0) is 22.3. The number of carbonyl (C=O) groups is 1. The average molecular weight is 439 g/mol. The molecule has 2 unspecified atom stereocenters. The quantitative estimate of drug-likeness (QED) is 0.676. The number of aryl methyl sites for hydroxylation is 1. The summed E-state index contributed by atoms with van der Waals surface area (Å²) >= 11 is 0. The summed E-state index contributed by atoms with van der Waals surface area (Å²) in [6.45, 7) is 1.19. The van der Waals surface area contributed by atoms with Gasteiger partial charge >= 0.3 is 0 Å². The number of amides is 1. The Morgan fingerprint density at radius 2 is 2.03 bits per heavy atom. The summed E-state index contributed by atoms with van der Waals surface area (Å²) in [5, 5.41) is 11.7. The van der Waals surface area contributed by atoms with E-state index >= 15 is 0 Å². The highest BCUT2D eigenvalue weighted by Gasteiger charge is 2.39. The number of hydrogen-bond donors (Lipinski definition) is 1. The molecule has 2 fully saturated rings. The summed E-state index contributed by atoms with van der Waals surface area (Å²) in [4.78, 5) is 32.5. The van der Waals surface area contributed by atoms with Crippen LogP contribution in [0.4, 0.5) is 0 Å². The van der Waals surface area contributed by atoms with Crippen molar-refractivity contribution in [2.24, 2.45) is 13.0 Å². The third kappa shape index (κ3) is 3.77. The molecule has 8 heteroatoms. The van der Waals surface area contributed by atoms with Crippen LogP contribution in [0.3, 0.4) is 0 Å². The molecular formula is C24H30N4O4. The molecular weight excluding hydrogens is 408 g/mol. The standard InChI is InChI=1S/C24H30N4O4/c1-26-10-6-20-21(26)25-16-28(23(20)30)15-24(31)8-11-27(12-9-24)22(29)19-5-3-2-4-18(19)17-7-13-32-14-17/h6-7,10,13-14,16,18-19,31H,2-5,8-9,11-12,15H2,1H3. The monoisotopic (exact) mass is 438 g/mol. The zero-order valence-corrected chi connectivity index (χ0v) is 18.4. The molecule has 1 amide bonds. The number of nitrogens with zero attached hydrogens (tertiary/aromatic N) is 4. The fraction of sp³-hybridized carbons (Fsp3) is 0.542. The molecule has 2 aliphatic rings. The van der Waals surface area contributed by atoms with Crippen LogP contribution in [0.5, 0.6) is 0 Å². The highest BCUT2D eigenvalue weighted by atomic mass is 16.3. The lowest BCUT2D eigenvalue weighted by Gasteiger charge is -2.41. The van der Waals surface area contributed by atoms with Gasteiger partial charge in [0, 0.05) is 32.3 Å². The first-order chi connectivity index (χ1) is 15.5. The Hall–Kier alpha value is -2.87. The molecule has 0 bridgehead atoms. The minimum Gasteiger partial charge on any atom is -0.472 e. The topological polar surface area (TPSA) is 93.5 Å². The van der Waals surface area contributed by atoms with Gasteiger partial charge in [0.05, 0.1) is 30.1 Å². The molecule has 3 aromatic rings. The molecule has 4 heterocycles. The number of fused-ring (bicyclic) bond motifs is 1. The van der Waals surface area contributed by atoms with E-state index in [1.54, 1.807) is 18.6 Å². The van der Waals surface area contributed by atoms with E-state index in [0.29, 0.717) is 37.0 Å². The number of furan rings is 1. The van der Waals surface area contributed by atoms with E-state index < -0.39 is 5.60 Å². The minimum atomic E-state index is -1.03. The smallest absolute Gasteiger partial charge is 0.262 e. The Kier molecular flexibility index (Phi) is 5.41. The van der Waals surface area contributed by atoms with Gasteiger partial charge in [-0.2, -0.15) is 0 Å². The fourth-order valence-electron chi connectivity index (χ4n) is 5.46. The Morgan fingerprint density at radius 3 is 2.78 bits per heavy atom. The van der Waals surface area contributed by atoms with Crippen LogP contribution in [0, 0.1) is 5.92 Å².